The van der Waals surface area contributed by atoms with Crippen LogP contribution in [0.5, 0.6) is 17.2 Å². The number of sulfonamides is 1. The molecule has 0 unspecified atom stereocenters. The molecule has 28 heavy (non-hydrogen) atoms. The van der Waals surface area contributed by atoms with Crippen molar-refractivity contribution in [3.8, 4) is 17.2 Å². The van der Waals surface area contributed by atoms with E-state index in [1.807, 2.05) is 19.1 Å². The fourth-order valence-electron chi connectivity index (χ4n) is 2.62. The molecule has 0 aromatic heterocycles. The van der Waals surface area contributed by atoms with Crippen molar-refractivity contribution in [2.45, 2.75) is 31.1 Å². The Balaban J connectivity index is 2.06. The Bertz CT molecular complexity index is 968. The van der Waals surface area contributed by atoms with Gasteiger partial charge in [-0.25, -0.2) is 13.6 Å². The number of nitrogens with one attached hydrogen (secondary N) is 1. The summed E-state index contributed by atoms with van der Waals surface area (Å²) in [6.45, 7) is 0.552. The maximum Gasteiger partial charge on any atom is 0.241 e. The maximum absolute atomic E-state index is 11.8. The lowest BCUT2D eigenvalue weighted by Crippen LogP contribution is -2.32. The molecule has 3 N–H and O–H groups in total. The van der Waals surface area contributed by atoms with Crippen molar-refractivity contribution in [1.82, 2.24) is 5.32 Å². The summed E-state index contributed by atoms with van der Waals surface area (Å²) in [4.78, 5) is -0.187. The Hall–Kier alpha value is -2.29. The highest BCUT2D eigenvalue weighted by molar-refractivity contribution is 7.89. The fraction of sp³-hybridized carbons (Fsp3) is 0.400. The van der Waals surface area contributed by atoms with E-state index >= 15 is 0 Å². The van der Waals surface area contributed by atoms with Crippen LogP contribution in [0.2, 0.25) is 0 Å². The molecule has 2 aromatic carbocycles. The fourth-order valence-corrected chi connectivity index (χ4v) is 3.36. The van der Waals surface area contributed by atoms with Crippen molar-refractivity contribution in [2.24, 2.45) is 5.14 Å². The van der Waals surface area contributed by atoms with Crippen LogP contribution in [0.1, 0.15) is 23.5 Å². The average molecular weight is 412 g/mol. The molecule has 0 heterocycles. The molecule has 8 heteroatoms. The first-order valence-electron chi connectivity index (χ1n) is 10.3. The largest absolute Gasteiger partial charge is 0.495 e. The van der Waals surface area contributed by atoms with Crippen LogP contribution in [0, 0.1) is 0 Å². The zero-order valence-electron chi connectivity index (χ0n) is 19.0. The molecule has 0 saturated heterocycles. The van der Waals surface area contributed by atoms with Gasteiger partial charge >= 0.3 is 0 Å². The predicted molar refractivity (Wildman–Crippen MR) is 109 cm³/mol. The first kappa shape index (κ1) is 17.8. The second-order valence-electron chi connectivity index (χ2n) is 5.97. The summed E-state index contributed by atoms with van der Waals surface area (Å²) in [5, 5.41) is 8.22. The summed E-state index contributed by atoms with van der Waals surface area (Å²) < 4.78 is 63.3. The van der Waals surface area contributed by atoms with Gasteiger partial charge < -0.3 is 19.5 Å². The monoisotopic (exact) mass is 411 g/mol. The number of hydrogen-bond donors (Lipinski definition) is 2. The molecule has 7 nitrogen and oxygen atoms in total. The lowest BCUT2D eigenvalue weighted by atomic mass is 10.1. The first-order valence-corrected chi connectivity index (χ1v) is 10.4. The summed E-state index contributed by atoms with van der Waals surface area (Å²) >= 11 is 0. The molecular formula is C20H28N2O5S. The minimum atomic E-state index is -4.02. The van der Waals surface area contributed by atoms with Gasteiger partial charge in [0.25, 0.3) is 0 Å². The van der Waals surface area contributed by atoms with Crippen LogP contribution < -0.4 is 24.7 Å². The highest BCUT2D eigenvalue weighted by atomic mass is 32.2. The molecule has 0 bridgehead atoms. The van der Waals surface area contributed by atoms with Crippen molar-refractivity contribution >= 4 is 10.0 Å². The van der Waals surface area contributed by atoms with Crippen LogP contribution in [0.3, 0.4) is 0 Å². The lowest BCUT2D eigenvalue weighted by molar-refractivity contribution is 0.272. The van der Waals surface area contributed by atoms with Gasteiger partial charge in [0.1, 0.15) is 17.3 Å². The number of rotatable bonds is 11. The van der Waals surface area contributed by atoms with Gasteiger partial charge in [0.15, 0.2) is 11.5 Å². The van der Waals surface area contributed by atoms with Crippen molar-refractivity contribution in [3.05, 3.63) is 48.0 Å². The van der Waals surface area contributed by atoms with E-state index in [2.05, 4.69) is 5.32 Å². The van der Waals surface area contributed by atoms with E-state index < -0.39 is 22.9 Å². The molecule has 0 aliphatic carbocycles. The quantitative estimate of drug-likeness (QED) is 0.551. The number of para-hydroxylation sites is 2. The topological polar surface area (TPSA) is 99.9 Å². The number of benzene rings is 2. The molecule has 154 valence electrons. The Morgan fingerprint density at radius 2 is 1.86 bits per heavy atom. The van der Waals surface area contributed by atoms with Gasteiger partial charge in [-0.3, -0.25) is 0 Å². The third-order valence-corrected chi connectivity index (χ3v) is 4.81. The number of ether oxygens (including phenoxy) is 3. The molecule has 0 aliphatic rings. The summed E-state index contributed by atoms with van der Waals surface area (Å²) in [5.41, 5.74) is 0.501. The number of nitrogens with two attached hydrogens (primary N) is 1. The standard InChI is InChI=1S/C20H28N2O5S/c1-4-26-17-7-5-6-8-18(17)27-12-11-22-15(2)13-16-9-10-19(25-3)20(14-16)28(21,23)24/h5-10,14-15,22H,4,11-13H2,1-3H3,(H2,21,23,24)/t15-/m0/s1/i2D3. The van der Waals surface area contributed by atoms with Crippen molar-refractivity contribution < 1.29 is 26.7 Å². The molecule has 0 fully saturated rings. The number of methoxy groups -OCH3 is 1. The van der Waals surface area contributed by atoms with Crippen molar-refractivity contribution in [3.63, 3.8) is 0 Å². The van der Waals surface area contributed by atoms with Crippen LogP contribution in [0.15, 0.2) is 47.4 Å². The van der Waals surface area contributed by atoms with Gasteiger partial charge in [0.05, 0.1) is 13.7 Å². The molecule has 0 spiro atoms. The Morgan fingerprint density at radius 1 is 1.14 bits per heavy atom. The van der Waals surface area contributed by atoms with E-state index in [1.165, 1.54) is 19.2 Å². The van der Waals surface area contributed by atoms with Crippen LogP contribution in [0.25, 0.3) is 0 Å². The highest BCUT2D eigenvalue weighted by Gasteiger charge is 2.16. The predicted octanol–water partition coefficient (Wildman–Crippen LogP) is 2.34. The molecule has 0 saturated carbocycles. The molecular weight excluding hydrogens is 380 g/mol. The van der Waals surface area contributed by atoms with Gasteiger partial charge in [-0.05, 0) is 50.0 Å². The van der Waals surface area contributed by atoms with E-state index in [1.54, 1.807) is 18.2 Å². The molecule has 0 aliphatic heterocycles. The summed E-state index contributed by atoms with van der Waals surface area (Å²) in [7, 11) is -2.68. The average Bonchev–Trinajstić information content (AvgIpc) is 2.70. The molecule has 1 atom stereocenters. The minimum Gasteiger partial charge on any atom is -0.495 e. The van der Waals surface area contributed by atoms with E-state index in [0.29, 0.717) is 23.7 Å². The van der Waals surface area contributed by atoms with Crippen molar-refractivity contribution in [2.75, 3.05) is 26.9 Å². The number of primary sulfonamides is 1. The normalized spacial score (nSPS) is 14.5. The number of hydrogen-bond acceptors (Lipinski definition) is 6. The summed E-state index contributed by atoms with van der Waals surface area (Å²) in [6, 6.07) is 10.7. The summed E-state index contributed by atoms with van der Waals surface area (Å²) in [6.07, 6.45) is 0.0680. The summed E-state index contributed by atoms with van der Waals surface area (Å²) in [5.74, 6) is 1.29. The third kappa shape index (κ3) is 6.40. The lowest BCUT2D eigenvalue weighted by Gasteiger charge is -2.16. The van der Waals surface area contributed by atoms with Crippen LogP contribution >= 0.6 is 0 Å². The van der Waals surface area contributed by atoms with E-state index in [4.69, 9.17) is 23.5 Å². The first-order chi connectivity index (χ1) is 14.6. The van der Waals surface area contributed by atoms with Crippen molar-refractivity contribution in [1.29, 1.82) is 0 Å². The third-order valence-electron chi connectivity index (χ3n) is 3.87. The SMILES string of the molecule is [2H]C([2H])([2H])[C@@H](Cc1ccc(OC)c(S(N)(=O)=O)c1)NCCOc1ccccc1OCC. The van der Waals surface area contributed by atoms with Gasteiger partial charge in [-0.2, -0.15) is 0 Å². The zero-order chi connectivity index (χ0) is 23.1. The van der Waals surface area contributed by atoms with Crippen LogP contribution in [-0.4, -0.2) is 41.3 Å². The van der Waals surface area contributed by atoms with E-state index in [9.17, 15) is 8.42 Å². The molecule has 0 amide bonds. The van der Waals surface area contributed by atoms with Gasteiger partial charge in [0.2, 0.25) is 10.0 Å². The smallest absolute Gasteiger partial charge is 0.241 e. The van der Waals surface area contributed by atoms with Gasteiger partial charge in [-0.1, -0.05) is 18.2 Å². The van der Waals surface area contributed by atoms with E-state index in [0.717, 1.165) is 0 Å². The highest BCUT2D eigenvalue weighted by Crippen LogP contribution is 2.26. The minimum absolute atomic E-state index is 0.0680. The van der Waals surface area contributed by atoms with Crippen LogP contribution in [0.4, 0.5) is 0 Å². The zero-order valence-corrected chi connectivity index (χ0v) is 16.8. The van der Waals surface area contributed by atoms with Gasteiger partial charge in [-0.15, -0.1) is 0 Å². The molecule has 0 radical (unpaired) electrons. The maximum atomic E-state index is 11.8. The molecule has 2 aromatic rings. The van der Waals surface area contributed by atoms with Crippen LogP contribution in [-0.2, 0) is 16.4 Å². The second-order valence-corrected chi connectivity index (χ2v) is 7.50. The molecule has 2 rings (SSSR count). The van der Waals surface area contributed by atoms with Gasteiger partial charge in [0, 0.05) is 16.7 Å². The van der Waals surface area contributed by atoms with E-state index in [-0.39, 0.29) is 30.2 Å². The Morgan fingerprint density at radius 3 is 2.46 bits per heavy atom. The second kappa shape index (κ2) is 10.3. The Labute approximate surface area is 171 Å². The Kier molecular flexibility index (Phi) is 6.55.